The van der Waals surface area contributed by atoms with Crippen LogP contribution in [0.25, 0.3) is 6.08 Å². The summed E-state index contributed by atoms with van der Waals surface area (Å²) in [5.74, 6) is 1.31. The molecule has 5 heteroatoms. The summed E-state index contributed by atoms with van der Waals surface area (Å²) in [6.07, 6.45) is 4.67. The first kappa shape index (κ1) is 19.7. The molecule has 0 unspecified atom stereocenters. The van der Waals surface area contributed by atoms with Crippen LogP contribution >= 0.6 is 0 Å². The Labute approximate surface area is 175 Å². The molecule has 0 bridgehead atoms. The predicted octanol–water partition coefficient (Wildman–Crippen LogP) is 5.86. The quantitative estimate of drug-likeness (QED) is 0.518. The second-order valence-corrected chi connectivity index (χ2v) is 6.99. The van der Waals surface area contributed by atoms with Gasteiger partial charge in [0.2, 0.25) is 0 Å². The van der Waals surface area contributed by atoms with Crippen molar-refractivity contribution in [2.45, 2.75) is 12.5 Å². The molecule has 3 aromatic rings. The average molecular weight is 402 g/mol. The summed E-state index contributed by atoms with van der Waals surface area (Å²) in [5.41, 5.74) is 3.44. The van der Waals surface area contributed by atoms with Crippen molar-refractivity contribution in [1.82, 2.24) is 0 Å². The number of nitrogens with zero attached hydrogens (tertiary/aromatic N) is 2. The lowest BCUT2D eigenvalue weighted by atomic mass is 10.0. The van der Waals surface area contributed by atoms with Crippen molar-refractivity contribution >= 4 is 17.5 Å². The largest absolute Gasteiger partial charge is 0.497 e. The van der Waals surface area contributed by atoms with E-state index in [4.69, 9.17) is 14.6 Å². The number of para-hydroxylation sites is 1. The van der Waals surface area contributed by atoms with Crippen LogP contribution in [0.3, 0.4) is 0 Å². The second kappa shape index (κ2) is 8.82. The molecule has 4 rings (SSSR count). The molecule has 4 nitrogen and oxygen atoms in total. The number of benzene rings is 3. The number of hydrogen-bond donors (Lipinski definition) is 0. The zero-order valence-corrected chi connectivity index (χ0v) is 17.0. The number of rotatable bonds is 6. The number of halogens is 1. The molecule has 1 atom stereocenters. The molecule has 0 radical (unpaired) electrons. The van der Waals surface area contributed by atoms with Crippen molar-refractivity contribution in [3.05, 3.63) is 95.8 Å². The highest BCUT2D eigenvalue weighted by Gasteiger charge is 2.29. The molecule has 0 aromatic heterocycles. The maximum atomic E-state index is 14.5. The van der Waals surface area contributed by atoms with Gasteiger partial charge in [0.15, 0.2) is 0 Å². The van der Waals surface area contributed by atoms with E-state index in [0.717, 1.165) is 28.3 Å². The Morgan fingerprint density at radius 2 is 1.50 bits per heavy atom. The Morgan fingerprint density at radius 3 is 2.13 bits per heavy atom. The number of hydrogen-bond acceptors (Lipinski definition) is 4. The summed E-state index contributed by atoms with van der Waals surface area (Å²) in [7, 11) is 3.29. The number of anilines is 1. The molecular weight excluding hydrogens is 379 g/mol. The van der Waals surface area contributed by atoms with E-state index in [9.17, 15) is 4.39 Å². The van der Waals surface area contributed by atoms with Crippen molar-refractivity contribution in [2.24, 2.45) is 5.10 Å². The van der Waals surface area contributed by atoms with Gasteiger partial charge in [0.1, 0.15) is 17.3 Å². The van der Waals surface area contributed by atoms with Gasteiger partial charge in [-0.2, -0.15) is 5.10 Å². The van der Waals surface area contributed by atoms with Gasteiger partial charge in [-0.05, 0) is 53.6 Å². The molecule has 0 aliphatic carbocycles. The van der Waals surface area contributed by atoms with E-state index in [1.54, 1.807) is 31.4 Å². The van der Waals surface area contributed by atoms with Crippen molar-refractivity contribution in [2.75, 3.05) is 19.2 Å². The standard InChI is InChI=1S/C25H23FN2O2/c1-29-21-13-8-18(9-14-21)7-12-20-17-25(19-10-15-22(30-2)16-11-19)28(27-20)24-6-4-3-5-23(24)26/h3-16,25H,17H2,1-2H3/b12-7-/t25-/m0/s1. The molecule has 0 spiro atoms. The van der Waals surface area contributed by atoms with Crippen LogP contribution in [-0.4, -0.2) is 19.9 Å². The van der Waals surface area contributed by atoms with Gasteiger partial charge in [0.25, 0.3) is 0 Å². The molecule has 1 aliphatic heterocycles. The van der Waals surface area contributed by atoms with Crippen LogP contribution in [0, 0.1) is 5.82 Å². The smallest absolute Gasteiger partial charge is 0.148 e. The maximum absolute atomic E-state index is 14.5. The van der Waals surface area contributed by atoms with Crippen LogP contribution in [0.2, 0.25) is 0 Å². The summed E-state index contributed by atoms with van der Waals surface area (Å²) in [5, 5.41) is 6.50. The minimum absolute atomic E-state index is 0.0941. The van der Waals surface area contributed by atoms with E-state index in [1.807, 2.05) is 66.7 Å². The van der Waals surface area contributed by atoms with Crippen LogP contribution in [0.4, 0.5) is 10.1 Å². The lowest BCUT2D eigenvalue weighted by Gasteiger charge is -2.24. The van der Waals surface area contributed by atoms with Gasteiger partial charge in [-0.1, -0.05) is 42.5 Å². The van der Waals surface area contributed by atoms with Crippen molar-refractivity contribution in [3.8, 4) is 11.5 Å². The van der Waals surface area contributed by atoms with Gasteiger partial charge in [-0.15, -0.1) is 0 Å². The minimum atomic E-state index is -0.292. The fraction of sp³-hybridized carbons (Fsp3) is 0.160. The lowest BCUT2D eigenvalue weighted by Crippen LogP contribution is -2.19. The molecule has 0 amide bonds. The molecule has 30 heavy (non-hydrogen) atoms. The highest BCUT2D eigenvalue weighted by atomic mass is 19.1. The third-order valence-corrected chi connectivity index (χ3v) is 5.12. The predicted molar refractivity (Wildman–Crippen MR) is 119 cm³/mol. The van der Waals surface area contributed by atoms with E-state index in [1.165, 1.54) is 6.07 Å². The summed E-state index contributed by atoms with van der Waals surface area (Å²) in [6.45, 7) is 0. The fourth-order valence-electron chi connectivity index (χ4n) is 3.49. The van der Waals surface area contributed by atoms with Crippen LogP contribution < -0.4 is 14.5 Å². The third kappa shape index (κ3) is 4.20. The van der Waals surface area contributed by atoms with E-state index in [2.05, 4.69) is 0 Å². The third-order valence-electron chi connectivity index (χ3n) is 5.12. The molecule has 1 aliphatic rings. The molecular formula is C25H23FN2O2. The van der Waals surface area contributed by atoms with Crippen LogP contribution in [0.15, 0.2) is 84.0 Å². The lowest BCUT2D eigenvalue weighted by molar-refractivity contribution is 0.414. The molecule has 0 fully saturated rings. The van der Waals surface area contributed by atoms with E-state index in [0.29, 0.717) is 12.1 Å². The molecule has 0 N–H and O–H groups in total. The number of allylic oxidation sites excluding steroid dienone is 1. The molecule has 0 saturated carbocycles. The zero-order valence-electron chi connectivity index (χ0n) is 17.0. The first-order chi connectivity index (χ1) is 14.7. The van der Waals surface area contributed by atoms with Crippen molar-refractivity contribution in [3.63, 3.8) is 0 Å². The second-order valence-electron chi connectivity index (χ2n) is 6.99. The molecule has 152 valence electrons. The summed E-state index contributed by atoms with van der Waals surface area (Å²) in [4.78, 5) is 0. The van der Waals surface area contributed by atoms with Crippen LogP contribution in [0.5, 0.6) is 11.5 Å². The van der Waals surface area contributed by atoms with E-state index < -0.39 is 0 Å². The molecule has 3 aromatic carbocycles. The summed E-state index contributed by atoms with van der Waals surface area (Å²) < 4.78 is 25.0. The van der Waals surface area contributed by atoms with E-state index >= 15 is 0 Å². The monoisotopic (exact) mass is 402 g/mol. The fourth-order valence-corrected chi connectivity index (χ4v) is 3.49. The van der Waals surface area contributed by atoms with Gasteiger partial charge in [-0.3, -0.25) is 5.01 Å². The Kier molecular flexibility index (Phi) is 5.80. The van der Waals surface area contributed by atoms with Crippen LogP contribution in [-0.2, 0) is 0 Å². The molecule has 1 heterocycles. The van der Waals surface area contributed by atoms with Crippen molar-refractivity contribution < 1.29 is 13.9 Å². The maximum Gasteiger partial charge on any atom is 0.148 e. The first-order valence-electron chi connectivity index (χ1n) is 9.75. The van der Waals surface area contributed by atoms with Crippen LogP contribution in [0.1, 0.15) is 23.6 Å². The van der Waals surface area contributed by atoms with Gasteiger partial charge >= 0.3 is 0 Å². The number of hydrazone groups is 1. The van der Waals surface area contributed by atoms with Gasteiger partial charge in [-0.25, -0.2) is 4.39 Å². The van der Waals surface area contributed by atoms with Gasteiger partial charge in [0, 0.05) is 6.42 Å². The van der Waals surface area contributed by atoms with Gasteiger partial charge in [0.05, 0.1) is 31.7 Å². The van der Waals surface area contributed by atoms with Gasteiger partial charge < -0.3 is 9.47 Å². The number of ether oxygens (including phenoxy) is 2. The Balaban J connectivity index is 1.63. The highest BCUT2D eigenvalue weighted by molar-refractivity contribution is 6.01. The first-order valence-corrected chi connectivity index (χ1v) is 9.75. The zero-order chi connectivity index (χ0) is 20.9. The van der Waals surface area contributed by atoms with Crippen molar-refractivity contribution in [1.29, 1.82) is 0 Å². The van der Waals surface area contributed by atoms with E-state index in [-0.39, 0.29) is 11.9 Å². The summed E-state index contributed by atoms with van der Waals surface area (Å²) in [6, 6.07) is 22.3. The Hall–Kier alpha value is -3.60. The molecule has 0 saturated heterocycles. The average Bonchev–Trinajstić information content (AvgIpc) is 3.22. The topological polar surface area (TPSA) is 34.1 Å². The summed E-state index contributed by atoms with van der Waals surface area (Å²) >= 11 is 0. The minimum Gasteiger partial charge on any atom is -0.497 e. The Bertz CT molecular complexity index is 1060. The Morgan fingerprint density at radius 1 is 0.867 bits per heavy atom. The number of methoxy groups -OCH3 is 2. The normalized spacial score (nSPS) is 16.0. The SMILES string of the molecule is COc1ccc(/C=C\C2=NN(c3ccccc3F)[C@H](c3ccc(OC)cc3)C2)cc1. The highest BCUT2D eigenvalue weighted by Crippen LogP contribution is 2.37.